The van der Waals surface area contributed by atoms with E-state index in [4.69, 9.17) is 14.2 Å². The van der Waals surface area contributed by atoms with Crippen molar-refractivity contribution >= 4 is 5.97 Å². The number of hydrogen-bond donors (Lipinski definition) is 0. The van der Waals surface area contributed by atoms with Crippen molar-refractivity contribution in [1.29, 1.82) is 0 Å². The van der Waals surface area contributed by atoms with Crippen molar-refractivity contribution < 1.29 is 19.0 Å². The van der Waals surface area contributed by atoms with E-state index in [1.54, 1.807) is 6.92 Å². The summed E-state index contributed by atoms with van der Waals surface area (Å²) in [5.41, 5.74) is 1.06. The van der Waals surface area contributed by atoms with Crippen LogP contribution in [0.25, 0.3) is 0 Å². The fourth-order valence-electron chi connectivity index (χ4n) is 1.55. The largest absolute Gasteiger partial charge is 0.460 e. The Balaban J connectivity index is 1.98. The highest BCUT2D eigenvalue weighted by Crippen LogP contribution is 2.25. The minimum Gasteiger partial charge on any atom is -0.460 e. The van der Waals surface area contributed by atoms with E-state index in [2.05, 4.69) is 6.08 Å². The number of ether oxygens (including phenoxy) is 3. The van der Waals surface area contributed by atoms with Crippen molar-refractivity contribution in [1.82, 2.24) is 0 Å². The Morgan fingerprint density at radius 2 is 2.29 bits per heavy atom. The average Bonchev–Trinajstić information content (AvgIpc) is 2.40. The number of carbonyl (C=O) groups excluding carboxylic acids is 1. The molecule has 0 unspecified atom stereocenters. The number of esters is 1. The summed E-state index contributed by atoms with van der Waals surface area (Å²) >= 11 is 0. The Morgan fingerprint density at radius 1 is 1.41 bits per heavy atom. The minimum absolute atomic E-state index is 0.0718. The summed E-state index contributed by atoms with van der Waals surface area (Å²) in [6.07, 6.45) is 10.7. The van der Waals surface area contributed by atoms with Gasteiger partial charge in [0.1, 0.15) is 12.5 Å². The molecule has 0 aromatic heterocycles. The maximum Gasteiger partial charge on any atom is 0.377 e. The SMILES string of the molecule is CCOC(=O)C1=COC(C2=CC=CCC2)=CO1. The van der Waals surface area contributed by atoms with Gasteiger partial charge in [-0.2, -0.15) is 0 Å². The van der Waals surface area contributed by atoms with Crippen LogP contribution >= 0.6 is 0 Å². The predicted octanol–water partition coefficient (Wildman–Crippen LogP) is 2.56. The van der Waals surface area contributed by atoms with Crippen LogP contribution in [-0.4, -0.2) is 12.6 Å². The first-order chi connectivity index (χ1) is 8.31. The summed E-state index contributed by atoms with van der Waals surface area (Å²) in [4.78, 5) is 11.3. The van der Waals surface area contributed by atoms with Gasteiger partial charge in [0.05, 0.1) is 6.61 Å². The Morgan fingerprint density at radius 3 is 2.88 bits per heavy atom. The van der Waals surface area contributed by atoms with Crippen molar-refractivity contribution in [3.63, 3.8) is 0 Å². The maximum atomic E-state index is 11.3. The first-order valence-electron chi connectivity index (χ1n) is 5.58. The first-order valence-corrected chi connectivity index (χ1v) is 5.58. The predicted molar refractivity (Wildman–Crippen MR) is 61.4 cm³/mol. The van der Waals surface area contributed by atoms with E-state index < -0.39 is 5.97 Å². The van der Waals surface area contributed by atoms with Crippen molar-refractivity contribution in [3.05, 3.63) is 47.8 Å². The zero-order valence-electron chi connectivity index (χ0n) is 9.64. The normalized spacial score (nSPS) is 18.3. The zero-order valence-corrected chi connectivity index (χ0v) is 9.64. The standard InChI is InChI=1S/C13H14O4/c1-2-15-13(14)12-9-16-11(8-17-12)10-6-4-3-5-7-10/h3-4,6,8-9H,2,5,7H2,1H3. The van der Waals surface area contributed by atoms with E-state index in [-0.39, 0.29) is 5.76 Å². The van der Waals surface area contributed by atoms with Crippen molar-refractivity contribution in [3.8, 4) is 0 Å². The lowest BCUT2D eigenvalue weighted by atomic mass is 10.0. The molecule has 4 heteroatoms. The van der Waals surface area contributed by atoms with Crippen molar-refractivity contribution in [2.24, 2.45) is 0 Å². The van der Waals surface area contributed by atoms with Gasteiger partial charge in [0.2, 0.25) is 5.76 Å². The fraction of sp³-hybridized carbons (Fsp3) is 0.308. The molecular formula is C13H14O4. The number of rotatable bonds is 3. The van der Waals surface area contributed by atoms with Crippen LogP contribution in [0.3, 0.4) is 0 Å². The van der Waals surface area contributed by atoms with Crippen LogP contribution in [0.2, 0.25) is 0 Å². The quantitative estimate of drug-likeness (QED) is 0.704. The highest BCUT2D eigenvalue weighted by Gasteiger charge is 2.19. The van der Waals surface area contributed by atoms with Crippen LogP contribution in [0.5, 0.6) is 0 Å². The monoisotopic (exact) mass is 234 g/mol. The molecule has 2 aliphatic rings. The van der Waals surface area contributed by atoms with Crippen LogP contribution in [0.1, 0.15) is 19.8 Å². The van der Waals surface area contributed by atoms with Gasteiger partial charge >= 0.3 is 5.97 Å². The molecule has 0 bridgehead atoms. The van der Waals surface area contributed by atoms with Crippen molar-refractivity contribution in [2.75, 3.05) is 6.61 Å². The molecule has 1 aliphatic carbocycles. The molecule has 90 valence electrons. The van der Waals surface area contributed by atoms with Gasteiger partial charge in [-0.3, -0.25) is 0 Å². The topological polar surface area (TPSA) is 44.8 Å². The molecule has 1 aliphatic heterocycles. The summed E-state index contributed by atoms with van der Waals surface area (Å²) in [5.74, 6) is 0.199. The molecule has 0 aromatic carbocycles. The van der Waals surface area contributed by atoms with E-state index >= 15 is 0 Å². The van der Waals surface area contributed by atoms with Gasteiger partial charge in [-0.15, -0.1) is 0 Å². The second kappa shape index (κ2) is 5.39. The average molecular weight is 234 g/mol. The fourth-order valence-corrected chi connectivity index (χ4v) is 1.55. The third kappa shape index (κ3) is 2.78. The Kier molecular flexibility index (Phi) is 3.65. The van der Waals surface area contributed by atoms with E-state index in [0.29, 0.717) is 12.4 Å². The molecule has 0 saturated heterocycles. The molecular weight excluding hydrogens is 220 g/mol. The van der Waals surface area contributed by atoms with E-state index in [9.17, 15) is 4.79 Å². The molecule has 0 saturated carbocycles. The summed E-state index contributed by atoms with van der Waals surface area (Å²) in [7, 11) is 0. The smallest absolute Gasteiger partial charge is 0.377 e. The van der Waals surface area contributed by atoms with Gasteiger partial charge in [-0.25, -0.2) is 4.79 Å². The van der Waals surface area contributed by atoms with Gasteiger partial charge in [0, 0.05) is 0 Å². The molecule has 2 rings (SSSR count). The number of hydrogen-bond acceptors (Lipinski definition) is 4. The molecule has 0 atom stereocenters. The molecule has 0 radical (unpaired) electrons. The highest BCUT2D eigenvalue weighted by atomic mass is 16.6. The third-order valence-electron chi connectivity index (χ3n) is 2.39. The van der Waals surface area contributed by atoms with Gasteiger partial charge < -0.3 is 14.2 Å². The molecule has 4 nitrogen and oxygen atoms in total. The van der Waals surface area contributed by atoms with Crippen LogP contribution in [0, 0.1) is 0 Å². The molecule has 0 N–H and O–H groups in total. The van der Waals surface area contributed by atoms with E-state index in [1.165, 1.54) is 12.5 Å². The van der Waals surface area contributed by atoms with Gasteiger partial charge in [-0.1, -0.05) is 18.2 Å². The van der Waals surface area contributed by atoms with Crippen LogP contribution in [0.15, 0.2) is 47.8 Å². The minimum atomic E-state index is -0.514. The molecule has 0 spiro atoms. The number of carbonyl (C=O) groups is 1. The van der Waals surface area contributed by atoms with Crippen LogP contribution in [0.4, 0.5) is 0 Å². The van der Waals surface area contributed by atoms with Gasteiger partial charge in [0.15, 0.2) is 5.76 Å². The number of allylic oxidation sites excluding steroid dienone is 4. The summed E-state index contributed by atoms with van der Waals surface area (Å²) in [6, 6.07) is 0. The first kappa shape index (κ1) is 11.5. The Hall–Kier alpha value is -1.97. The van der Waals surface area contributed by atoms with Crippen molar-refractivity contribution in [2.45, 2.75) is 19.8 Å². The third-order valence-corrected chi connectivity index (χ3v) is 2.39. The summed E-state index contributed by atoms with van der Waals surface area (Å²) < 4.78 is 15.4. The summed E-state index contributed by atoms with van der Waals surface area (Å²) in [6.45, 7) is 2.05. The lowest BCUT2D eigenvalue weighted by molar-refractivity contribution is -0.142. The Bertz CT molecular complexity index is 427. The zero-order chi connectivity index (χ0) is 12.1. The van der Waals surface area contributed by atoms with Gasteiger partial charge in [0.25, 0.3) is 0 Å². The molecule has 0 fully saturated rings. The molecule has 17 heavy (non-hydrogen) atoms. The Labute approximate surface area is 99.9 Å². The lowest BCUT2D eigenvalue weighted by Gasteiger charge is -2.17. The second-order valence-corrected chi connectivity index (χ2v) is 3.58. The summed E-state index contributed by atoms with van der Waals surface area (Å²) in [5, 5.41) is 0. The molecule has 1 heterocycles. The van der Waals surface area contributed by atoms with Gasteiger partial charge in [-0.05, 0) is 25.3 Å². The highest BCUT2D eigenvalue weighted by molar-refractivity contribution is 5.86. The maximum absolute atomic E-state index is 11.3. The second-order valence-electron chi connectivity index (χ2n) is 3.58. The molecule has 0 aromatic rings. The molecule has 0 amide bonds. The van der Waals surface area contributed by atoms with Crippen LogP contribution < -0.4 is 0 Å². The van der Waals surface area contributed by atoms with Crippen LogP contribution in [-0.2, 0) is 19.0 Å². The van der Waals surface area contributed by atoms with E-state index in [1.807, 2.05) is 12.2 Å². The lowest BCUT2D eigenvalue weighted by Crippen LogP contribution is -2.12. The van der Waals surface area contributed by atoms with E-state index in [0.717, 1.165) is 18.4 Å².